The lowest BCUT2D eigenvalue weighted by molar-refractivity contribution is -0.112. The van der Waals surface area contributed by atoms with Gasteiger partial charge in [-0.3, -0.25) is 4.79 Å². The van der Waals surface area contributed by atoms with E-state index in [4.69, 9.17) is 10.5 Å². The van der Waals surface area contributed by atoms with Crippen LogP contribution in [0.1, 0.15) is 18.1 Å². The van der Waals surface area contributed by atoms with Gasteiger partial charge in [0.15, 0.2) is 0 Å². The van der Waals surface area contributed by atoms with Crippen LogP contribution in [0.5, 0.6) is 0 Å². The van der Waals surface area contributed by atoms with Crippen LogP contribution in [0.3, 0.4) is 0 Å². The van der Waals surface area contributed by atoms with Crippen molar-refractivity contribution in [2.45, 2.75) is 20.0 Å². The van der Waals surface area contributed by atoms with E-state index in [0.717, 1.165) is 46.4 Å². The molecule has 0 atom stereocenters. The monoisotopic (exact) mass is 439 g/mol. The number of hydrogen-bond acceptors (Lipinski definition) is 5. The summed E-state index contributed by atoms with van der Waals surface area (Å²) in [6, 6.07) is 14.2. The Labute approximate surface area is 191 Å². The average molecular weight is 440 g/mol. The highest BCUT2D eigenvalue weighted by Crippen LogP contribution is 2.42. The predicted octanol–water partition coefficient (Wildman–Crippen LogP) is 4.47. The van der Waals surface area contributed by atoms with Gasteiger partial charge in [-0.05, 0) is 53.8 Å². The van der Waals surface area contributed by atoms with Gasteiger partial charge in [0, 0.05) is 23.9 Å². The van der Waals surface area contributed by atoms with Crippen molar-refractivity contribution in [3.63, 3.8) is 0 Å². The minimum atomic E-state index is -0.202. The van der Waals surface area contributed by atoms with Crippen molar-refractivity contribution in [3.05, 3.63) is 72.1 Å². The fourth-order valence-corrected chi connectivity index (χ4v) is 4.37. The number of fused-ring (bicyclic) bond motifs is 2. The number of nitrogen functional groups attached to an aromatic ring is 1. The van der Waals surface area contributed by atoms with Crippen molar-refractivity contribution in [3.8, 4) is 22.4 Å². The molecule has 0 saturated carbocycles. The maximum absolute atomic E-state index is 12.0. The highest BCUT2D eigenvalue weighted by atomic mass is 16.5. The molecule has 2 aromatic carbocycles. The van der Waals surface area contributed by atoms with Crippen molar-refractivity contribution in [1.29, 1.82) is 0 Å². The zero-order valence-electron chi connectivity index (χ0n) is 18.7. The fourth-order valence-electron chi connectivity index (χ4n) is 4.37. The van der Waals surface area contributed by atoms with Crippen LogP contribution in [0.4, 0.5) is 11.5 Å². The second-order valence-corrected chi connectivity index (χ2v) is 8.34. The van der Waals surface area contributed by atoms with Crippen molar-refractivity contribution in [2.75, 3.05) is 17.7 Å². The SMILES string of the molecule is C=C(C)C(=O)Nc1ccc(-c2c(-c3ccc4c(c3)COCC4)c3c(N)ncnc3n2C)cc1. The van der Waals surface area contributed by atoms with Crippen LogP contribution in [-0.4, -0.2) is 27.0 Å². The van der Waals surface area contributed by atoms with Gasteiger partial charge in [0.1, 0.15) is 17.8 Å². The van der Waals surface area contributed by atoms with Crippen molar-refractivity contribution >= 4 is 28.4 Å². The van der Waals surface area contributed by atoms with Gasteiger partial charge in [-0.2, -0.15) is 0 Å². The predicted molar refractivity (Wildman–Crippen MR) is 131 cm³/mol. The summed E-state index contributed by atoms with van der Waals surface area (Å²) in [7, 11) is 1.98. The van der Waals surface area contributed by atoms with Gasteiger partial charge < -0.3 is 20.4 Å². The summed E-state index contributed by atoms with van der Waals surface area (Å²) in [6.07, 6.45) is 2.41. The number of anilines is 2. The van der Waals surface area contributed by atoms with Crippen LogP contribution in [0.2, 0.25) is 0 Å². The van der Waals surface area contributed by atoms with Gasteiger partial charge in [0.05, 0.1) is 24.3 Å². The van der Waals surface area contributed by atoms with Gasteiger partial charge in [-0.1, -0.05) is 30.8 Å². The zero-order valence-corrected chi connectivity index (χ0v) is 18.7. The highest BCUT2D eigenvalue weighted by Gasteiger charge is 2.23. The normalized spacial score (nSPS) is 13.0. The van der Waals surface area contributed by atoms with E-state index in [9.17, 15) is 4.79 Å². The first-order valence-electron chi connectivity index (χ1n) is 10.8. The Balaban J connectivity index is 1.68. The van der Waals surface area contributed by atoms with E-state index in [1.165, 1.54) is 17.5 Å². The first kappa shape index (κ1) is 20.9. The van der Waals surface area contributed by atoms with Gasteiger partial charge in [0.25, 0.3) is 5.91 Å². The molecular weight excluding hydrogens is 414 g/mol. The highest BCUT2D eigenvalue weighted by molar-refractivity contribution is 6.08. The standard InChI is InChI=1S/C26H25N5O2/c1-15(2)26(32)30-20-8-6-17(7-9-20)23-21(22-24(27)28-14-29-25(22)31(23)3)18-5-4-16-10-11-33-13-19(16)12-18/h4-9,12,14H,1,10-11,13H2,2-3H3,(H,30,32)(H2,27,28,29). The number of amides is 1. The molecule has 0 spiro atoms. The van der Waals surface area contributed by atoms with E-state index in [0.29, 0.717) is 23.7 Å². The van der Waals surface area contributed by atoms with E-state index in [2.05, 4.69) is 40.1 Å². The Morgan fingerprint density at radius 2 is 1.88 bits per heavy atom. The molecule has 1 amide bonds. The molecule has 2 aromatic heterocycles. The number of aromatic nitrogens is 3. The van der Waals surface area contributed by atoms with E-state index in [1.807, 2.05) is 35.9 Å². The molecule has 1 aliphatic heterocycles. The molecule has 0 fully saturated rings. The Morgan fingerprint density at radius 3 is 2.64 bits per heavy atom. The third-order valence-electron chi connectivity index (χ3n) is 6.07. The van der Waals surface area contributed by atoms with Crippen LogP contribution in [0.15, 0.2) is 60.9 Å². The molecule has 0 radical (unpaired) electrons. The zero-order chi connectivity index (χ0) is 23.1. The number of nitrogens with one attached hydrogen (secondary N) is 1. The van der Waals surface area contributed by atoms with E-state index in [1.54, 1.807) is 6.92 Å². The van der Waals surface area contributed by atoms with Gasteiger partial charge in [-0.15, -0.1) is 0 Å². The molecule has 7 nitrogen and oxygen atoms in total. The second kappa shape index (κ2) is 8.18. The summed E-state index contributed by atoms with van der Waals surface area (Å²) in [5, 5.41) is 3.67. The number of nitrogens with two attached hydrogens (primary N) is 1. The minimum absolute atomic E-state index is 0.202. The molecule has 0 unspecified atom stereocenters. The summed E-state index contributed by atoms with van der Waals surface area (Å²) in [4.78, 5) is 20.8. The maximum Gasteiger partial charge on any atom is 0.250 e. The Kier molecular flexibility index (Phi) is 5.18. The summed E-state index contributed by atoms with van der Waals surface area (Å²) in [6.45, 7) is 6.72. The Bertz CT molecular complexity index is 1400. The van der Waals surface area contributed by atoms with Crippen molar-refractivity contribution < 1.29 is 9.53 Å². The fraction of sp³-hybridized carbons (Fsp3) is 0.192. The quantitative estimate of drug-likeness (QED) is 0.458. The molecule has 0 bridgehead atoms. The third kappa shape index (κ3) is 3.66. The molecule has 1 aliphatic rings. The lowest BCUT2D eigenvalue weighted by Crippen LogP contribution is -2.11. The lowest BCUT2D eigenvalue weighted by Gasteiger charge is -2.18. The first-order valence-corrected chi connectivity index (χ1v) is 10.8. The molecule has 5 rings (SSSR count). The lowest BCUT2D eigenvalue weighted by atomic mass is 9.94. The Hall–Kier alpha value is -3.97. The maximum atomic E-state index is 12.0. The van der Waals surface area contributed by atoms with Crippen LogP contribution in [-0.2, 0) is 29.6 Å². The number of aryl methyl sites for hydroxylation is 1. The Morgan fingerprint density at radius 1 is 1.12 bits per heavy atom. The average Bonchev–Trinajstić information content (AvgIpc) is 3.13. The molecule has 0 saturated heterocycles. The van der Waals surface area contributed by atoms with Crippen LogP contribution in [0, 0.1) is 0 Å². The number of ether oxygens (including phenoxy) is 1. The van der Waals surface area contributed by atoms with E-state index >= 15 is 0 Å². The number of rotatable bonds is 4. The van der Waals surface area contributed by atoms with Gasteiger partial charge in [-0.25, -0.2) is 9.97 Å². The second-order valence-electron chi connectivity index (χ2n) is 8.34. The minimum Gasteiger partial charge on any atom is -0.383 e. The molecule has 166 valence electrons. The molecule has 4 aromatic rings. The third-order valence-corrected chi connectivity index (χ3v) is 6.07. The van der Waals surface area contributed by atoms with Gasteiger partial charge >= 0.3 is 0 Å². The summed E-state index contributed by atoms with van der Waals surface area (Å²) < 4.78 is 7.73. The van der Waals surface area contributed by atoms with Crippen LogP contribution < -0.4 is 11.1 Å². The molecule has 33 heavy (non-hydrogen) atoms. The summed E-state index contributed by atoms with van der Waals surface area (Å²) >= 11 is 0. The van der Waals surface area contributed by atoms with Crippen molar-refractivity contribution in [1.82, 2.24) is 14.5 Å². The molecule has 7 heteroatoms. The number of hydrogen-bond donors (Lipinski definition) is 2. The van der Waals surface area contributed by atoms with E-state index < -0.39 is 0 Å². The number of carbonyl (C=O) groups is 1. The first-order chi connectivity index (χ1) is 15.9. The molecule has 3 N–H and O–H groups in total. The van der Waals surface area contributed by atoms with Crippen LogP contribution >= 0.6 is 0 Å². The van der Waals surface area contributed by atoms with Crippen LogP contribution in [0.25, 0.3) is 33.4 Å². The summed E-state index contributed by atoms with van der Waals surface area (Å²) in [5.41, 5.74) is 14.8. The topological polar surface area (TPSA) is 95.1 Å². The van der Waals surface area contributed by atoms with E-state index in [-0.39, 0.29) is 5.91 Å². The van der Waals surface area contributed by atoms with Gasteiger partial charge in [0.2, 0.25) is 0 Å². The molecular formula is C26H25N5O2. The number of nitrogens with zero attached hydrogens (tertiary/aromatic N) is 3. The number of benzene rings is 2. The van der Waals surface area contributed by atoms with Crippen molar-refractivity contribution in [2.24, 2.45) is 7.05 Å². The molecule has 3 heterocycles. The summed E-state index contributed by atoms with van der Waals surface area (Å²) in [5.74, 6) is 0.239. The molecule has 0 aliphatic carbocycles. The smallest absolute Gasteiger partial charge is 0.250 e. The number of carbonyl (C=O) groups excluding carboxylic acids is 1. The largest absolute Gasteiger partial charge is 0.383 e.